The molecule has 0 saturated heterocycles. The molecule has 0 aliphatic carbocycles. The van der Waals surface area contributed by atoms with E-state index in [2.05, 4.69) is 10.6 Å². The first-order valence-electron chi connectivity index (χ1n) is 6.46. The van der Waals surface area contributed by atoms with E-state index in [1.165, 1.54) is 17.6 Å². The van der Waals surface area contributed by atoms with Crippen LogP contribution in [0, 0.1) is 0 Å². The summed E-state index contributed by atoms with van der Waals surface area (Å²) in [5.41, 5.74) is 0. The molecule has 0 fully saturated rings. The Bertz CT molecular complexity index is 566. The number of carbonyl (C=O) groups is 2. The number of nitrogens with one attached hydrogen (secondary N) is 2. The number of furan rings is 1. The number of hydrogen-bond acceptors (Lipinski definition) is 5. The van der Waals surface area contributed by atoms with Crippen LogP contribution in [0.25, 0.3) is 0 Å². The fourth-order valence-corrected chi connectivity index (χ4v) is 2.30. The topological polar surface area (TPSA) is 91.6 Å². The van der Waals surface area contributed by atoms with Gasteiger partial charge in [-0.2, -0.15) is 0 Å². The van der Waals surface area contributed by atoms with Crippen LogP contribution in [0.3, 0.4) is 0 Å². The standard InChI is InChI=1S/C14H16N2O4S/c17-10(11-3-1-7-20-11)9-16-13(18)5-6-15-14(19)12-4-2-8-21-12/h1-4,7-8,10,17H,5-6,9H2,(H,15,19)(H,16,18). The van der Waals surface area contributed by atoms with E-state index >= 15 is 0 Å². The van der Waals surface area contributed by atoms with Crippen molar-refractivity contribution in [2.45, 2.75) is 12.5 Å². The van der Waals surface area contributed by atoms with Gasteiger partial charge in [-0.3, -0.25) is 9.59 Å². The minimum absolute atomic E-state index is 0.0746. The van der Waals surface area contributed by atoms with Gasteiger partial charge >= 0.3 is 0 Å². The number of carbonyl (C=O) groups excluding carboxylic acids is 2. The predicted octanol–water partition coefficient (Wildman–Crippen LogP) is 1.31. The van der Waals surface area contributed by atoms with E-state index < -0.39 is 6.10 Å². The molecule has 1 atom stereocenters. The summed E-state index contributed by atoms with van der Waals surface area (Å²) >= 11 is 1.35. The van der Waals surface area contributed by atoms with E-state index in [-0.39, 0.29) is 31.3 Å². The van der Waals surface area contributed by atoms with Gasteiger partial charge in [0.2, 0.25) is 5.91 Å². The Kier molecular flexibility index (Phi) is 5.53. The third-order valence-corrected chi connectivity index (χ3v) is 3.62. The summed E-state index contributed by atoms with van der Waals surface area (Å²) in [5.74, 6) is -0.0261. The molecule has 2 aromatic heterocycles. The van der Waals surface area contributed by atoms with Gasteiger partial charge in [-0.25, -0.2) is 0 Å². The van der Waals surface area contributed by atoms with Crippen LogP contribution in [-0.4, -0.2) is 30.0 Å². The Balaban J connectivity index is 1.63. The largest absolute Gasteiger partial charge is 0.467 e. The van der Waals surface area contributed by atoms with Crippen LogP contribution in [0.4, 0.5) is 0 Å². The van der Waals surface area contributed by atoms with Gasteiger partial charge in [-0.1, -0.05) is 6.07 Å². The van der Waals surface area contributed by atoms with E-state index in [9.17, 15) is 14.7 Å². The summed E-state index contributed by atoms with van der Waals surface area (Å²) < 4.78 is 5.02. The Morgan fingerprint density at radius 3 is 2.81 bits per heavy atom. The monoisotopic (exact) mass is 308 g/mol. The van der Waals surface area contributed by atoms with Gasteiger partial charge in [-0.15, -0.1) is 11.3 Å². The van der Waals surface area contributed by atoms with Crippen molar-refractivity contribution < 1.29 is 19.1 Å². The second-order valence-electron chi connectivity index (χ2n) is 4.32. The smallest absolute Gasteiger partial charge is 0.261 e. The van der Waals surface area contributed by atoms with Crippen molar-refractivity contribution in [3.05, 3.63) is 46.5 Å². The molecule has 2 aromatic rings. The third-order valence-electron chi connectivity index (χ3n) is 2.75. The molecular formula is C14H16N2O4S. The lowest BCUT2D eigenvalue weighted by molar-refractivity contribution is -0.121. The minimum atomic E-state index is -0.871. The number of hydrogen-bond donors (Lipinski definition) is 3. The van der Waals surface area contributed by atoms with Crippen LogP contribution >= 0.6 is 11.3 Å². The van der Waals surface area contributed by atoms with Crippen LogP contribution in [-0.2, 0) is 4.79 Å². The third kappa shape index (κ3) is 4.73. The maximum absolute atomic E-state index is 11.6. The van der Waals surface area contributed by atoms with Gasteiger partial charge < -0.3 is 20.2 Å². The fraction of sp³-hybridized carbons (Fsp3) is 0.286. The lowest BCUT2D eigenvalue weighted by Gasteiger charge is -2.09. The van der Waals surface area contributed by atoms with Crippen molar-refractivity contribution in [3.63, 3.8) is 0 Å². The van der Waals surface area contributed by atoms with Gasteiger partial charge in [0, 0.05) is 13.0 Å². The Morgan fingerprint density at radius 1 is 1.29 bits per heavy atom. The van der Waals surface area contributed by atoms with Gasteiger partial charge in [0.25, 0.3) is 5.91 Å². The van der Waals surface area contributed by atoms with E-state index in [1.807, 2.05) is 5.38 Å². The molecule has 0 aliphatic rings. The van der Waals surface area contributed by atoms with Crippen molar-refractivity contribution in [1.29, 1.82) is 0 Å². The molecule has 2 rings (SSSR count). The SMILES string of the molecule is O=C(CCNC(=O)c1cccs1)NCC(O)c1ccco1. The van der Waals surface area contributed by atoms with Crippen molar-refractivity contribution in [1.82, 2.24) is 10.6 Å². The average Bonchev–Trinajstić information content (AvgIpc) is 3.16. The number of thiophene rings is 1. The van der Waals surface area contributed by atoms with Crippen LogP contribution in [0.2, 0.25) is 0 Å². The highest BCUT2D eigenvalue weighted by molar-refractivity contribution is 7.12. The molecule has 112 valence electrons. The molecule has 0 bridgehead atoms. The average molecular weight is 308 g/mol. The fourth-order valence-electron chi connectivity index (χ4n) is 1.66. The van der Waals surface area contributed by atoms with Crippen LogP contribution in [0.1, 0.15) is 28.0 Å². The van der Waals surface area contributed by atoms with Crippen molar-refractivity contribution >= 4 is 23.2 Å². The lowest BCUT2D eigenvalue weighted by atomic mass is 10.2. The van der Waals surface area contributed by atoms with Gasteiger partial charge in [-0.05, 0) is 23.6 Å². The molecule has 0 aromatic carbocycles. The number of aliphatic hydroxyl groups is 1. The molecule has 0 aliphatic heterocycles. The zero-order valence-corrected chi connectivity index (χ0v) is 12.1. The minimum Gasteiger partial charge on any atom is -0.467 e. The van der Waals surface area contributed by atoms with E-state index in [0.717, 1.165) is 0 Å². The molecule has 0 spiro atoms. The van der Waals surface area contributed by atoms with E-state index in [0.29, 0.717) is 10.6 Å². The van der Waals surface area contributed by atoms with Gasteiger partial charge in [0.1, 0.15) is 11.9 Å². The second kappa shape index (κ2) is 7.61. The second-order valence-corrected chi connectivity index (χ2v) is 5.27. The summed E-state index contributed by atoms with van der Waals surface area (Å²) in [5, 5.41) is 16.8. The van der Waals surface area contributed by atoms with E-state index in [1.54, 1.807) is 24.3 Å². The number of rotatable bonds is 7. The zero-order chi connectivity index (χ0) is 15.1. The van der Waals surface area contributed by atoms with Gasteiger partial charge in [0.15, 0.2) is 0 Å². The Morgan fingerprint density at radius 2 is 2.14 bits per heavy atom. The van der Waals surface area contributed by atoms with Crippen molar-refractivity contribution in [2.75, 3.05) is 13.1 Å². The maximum atomic E-state index is 11.6. The molecule has 7 heteroatoms. The van der Waals surface area contributed by atoms with E-state index in [4.69, 9.17) is 4.42 Å². The summed E-state index contributed by atoms with van der Waals surface area (Å²) in [6, 6.07) is 6.82. The molecule has 2 heterocycles. The Hall–Kier alpha value is -2.12. The highest BCUT2D eigenvalue weighted by atomic mass is 32.1. The predicted molar refractivity (Wildman–Crippen MR) is 77.9 cm³/mol. The molecule has 2 amide bonds. The summed E-state index contributed by atoms with van der Waals surface area (Å²) in [6.45, 7) is 0.324. The first kappa shape index (κ1) is 15.3. The number of amides is 2. The van der Waals surface area contributed by atoms with Gasteiger partial charge in [0.05, 0.1) is 17.7 Å². The molecule has 6 nitrogen and oxygen atoms in total. The molecule has 3 N–H and O–H groups in total. The Labute approximate surface area is 125 Å². The molecule has 1 unspecified atom stereocenters. The maximum Gasteiger partial charge on any atom is 0.261 e. The van der Waals surface area contributed by atoms with Crippen LogP contribution in [0.15, 0.2) is 40.3 Å². The molecule has 0 saturated carbocycles. The summed E-state index contributed by atoms with van der Waals surface area (Å²) in [4.78, 5) is 23.8. The molecular weight excluding hydrogens is 292 g/mol. The van der Waals surface area contributed by atoms with Crippen molar-refractivity contribution in [2.24, 2.45) is 0 Å². The quantitative estimate of drug-likeness (QED) is 0.719. The zero-order valence-electron chi connectivity index (χ0n) is 11.2. The molecule has 21 heavy (non-hydrogen) atoms. The van der Waals surface area contributed by atoms with Crippen LogP contribution in [0.5, 0.6) is 0 Å². The molecule has 0 radical (unpaired) electrons. The lowest BCUT2D eigenvalue weighted by Crippen LogP contribution is -2.32. The van der Waals surface area contributed by atoms with Crippen LogP contribution < -0.4 is 10.6 Å². The highest BCUT2D eigenvalue weighted by Gasteiger charge is 2.12. The number of aliphatic hydroxyl groups excluding tert-OH is 1. The first-order chi connectivity index (χ1) is 10.2. The first-order valence-corrected chi connectivity index (χ1v) is 7.34. The summed E-state index contributed by atoms with van der Waals surface area (Å²) in [7, 11) is 0. The normalized spacial score (nSPS) is 11.9. The van der Waals surface area contributed by atoms with Crippen molar-refractivity contribution in [3.8, 4) is 0 Å². The highest BCUT2D eigenvalue weighted by Crippen LogP contribution is 2.11. The summed E-state index contributed by atoms with van der Waals surface area (Å²) in [6.07, 6.45) is 0.743.